The van der Waals surface area contributed by atoms with Crippen LogP contribution in [0.4, 0.5) is 0 Å². The van der Waals surface area contributed by atoms with E-state index in [9.17, 15) is 0 Å². The summed E-state index contributed by atoms with van der Waals surface area (Å²) in [6, 6.07) is 1.07. The van der Waals surface area contributed by atoms with Crippen molar-refractivity contribution in [2.45, 2.75) is 37.5 Å². The average molecular weight is 170 g/mol. The second-order valence-electron chi connectivity index (χ2n) is 3.97. The molecule has 2 atom stereocenters. The van der Waals surface area contributed by atoms with E-state index in [0.29, 0.717) is 18.2 Å². The highest BCUT2D eigenvalue weighted by molar-refractivity contribution is 4.94. The van der Waals surface area contributed by atoms with Crippen LogP contribution in [0.5, 0.6) is 0 Å². The number of hydrogen-bond donors (Lipinski definition) is 1. The first-order chi connectivity index (χ1) is 5.81. The molecular formula is C9H18N2O. The van der Waals surface area contributed by atoms with Crippen LogP contribution in [0.25, 0.3) is 0 Å². The highest BCUT2D eigenvalue weighted by Gasteiger charge is 2.37. The van der Waals surface area contributed by atoms with Crippen molar-refractivity contribution in [1.82, 2.24) is 4.90 Å². The van der Waals surface area contributed by atoms with Crippen molar-refractivity contribution in [2.75, 3.05) is 20.2 Å². The van der Waals surface area contributed by atoms with Crippen molar-refractivity contribution in [3.63, 3.8) is 0 Å². The Hall–Kier alpha value is -0.120. The Morgan fingerprint density at radius 3 is 2.58 bits per heavy atom. The van der Waals surface area contributed by atoms with E-state index >= 15 is 0 Å². The Labute approximate surface area is 73.9 Å². The molecule has 1 aliphatic heterocycles. The molecule has 2 rings (SSSR count). The Morgan fingerprint density at radius 2 is 2.08 bits per heavy atom. The van der Waals surface area contributed by atoms with Gasteiger partial charge in [-0.2, -0.15) is 0 Å². The molecule has 0 bridgehead atoms. The van der Waals surface area contributed by atoms with Gasteiger partial charge in [0.2, 0.25) is 0 Å². The van der Waals surface area contributed by atoms with Gasteiger partial charge in [0.1, 0.15) is 0 Å². The summed E-state index contributed by atoms with van der Waals surface area (Å²) in [6.07, 6.45) is 4.27. The molecule has 1 saturated carbocycles. The molecule has 1 aliphatic carbocycles. The molecule has 0 aromatic rings. The van der Waals surface area contributed by atoms with Crippen molar-refractivity contribution in [1.29, 1.82) is 0 Å². The van der Waals surface area contributed by atoms with Gasteiger partial charge in [-0.15, -0.1) is 0 Å². The van der Waals surface area contributed by atoms with Crippen molar-refractivity contribution in [2.24, 2.45) is 5.73 Å². The Morgan fingerprint density at radius 1 is 1.33 bits per heavy atom. The fraction of sp³-hybridized carbons (Fsp3) is 1.00. The van der Waals surface area contributed by atoms with Crippen LogP contribution in [0.3, 0.4) is 0 Å². The first-order valence-corrected chi connectivity index (χ1v) is 4.83. The summed E-state index contributed by atoms with van der Waals surface area (Å²) in [7, 11) is 1.79. The molecule has 2 N–H and O–H groups in total. The minimum atomic E-state index is 0.419. The zero-order chi connectivity index (χ0) is 8.55. The van der Waals surface area contributed by atoms with Gasteiger partial charge in [-0.05, 0) is 12.8 Å². The van der Waals surface area contributed by atoms with E-state index in [2.05, 4.69) is 4.90 Å². The molecule has 0 radical (unpaired) electrons. The summed E-state index contributed by atoms with van der Waals surface area (Å²) in [5.74, 6) is 0. The molecule has 1 saturated heterocycles. The molecule has 1 heterocycles. The summed E-state index contributed by atoms with van der Waals surface area (Å²) in [5, 5.41) is 0. The molecular weight excluding hydrogens is 152 g/mol. The third kappa shape index (κ3) is 1.37. The van der Waals surface area contributed by atoms with Crippen LogP contribution in [-0.2, 0) is 4.74 Å². The molecule has 0 spiro atoms. The smallest absolute Gasteiger partial charge is 0.0825 e. The molecule has 12 heavy (non-hydrogen) atoms. The summed E-state index contributed by atoms with van der Waals surface area (Å²) in [6.45, 7) is 2.18. The van der Waals surface area contributed by atoms with Gasteiger partial charge in [-0.3, -0.25) is 4.90 Å². The number of nitrogens with two attached hydrogens (primary N) is 1. The highest BCUT2D eigenvalue weighted by Crippen LogP contribution is 2.26. The predicted octanol–water partition coefficient (Wildman–Crippen LogP) is 0.197. The quantitative estimate of drug-likeness (QED) is 0.643. The second-order valence-corrected chi connectivity index (χ2v) is 3.97. The lowest BCUT2D eigenvalue weighted by atomic mass is 10.0. The summed E-state index contributed by atoms with van der Waals surface area (Å²) in [4.78, 5) is 2.46. The van der Waals surface area contributed by atoms with Crippen LogP contribution >= 0.6 is 0 Å². The van der Waals surface area contributed by atoms with E-state index in [1.165, 1.54) is 19.3 Å². The predicted molar refractivity (Wildman–Crippen MR) is 48.0 cm³/mol. The fourth-order valence-corrected chi connectivity index (χ4v) is 2.31. The molecule has 70 valence electrons. The van der Waals surface area contributed by atoms with Crippen molar-refractivity contribution >= 4 is 0 Å². The average Bonchev–Trinajstić information content (AvgIpc) is 2.35. The number of ether oxygens (including phenoxy) is 1. The zero-order valence-electron chi connectivity index (χ0n) is 7.70. The molecule has 3 heteroatoms. The van der Waals surface area contributed by atoms with Crippen LogP contribution < -0.4 is 5.73 Å². The monoisotopic (exact) mass is 170 g/mol. The summed E-state index contributed by atoms with van der Waals surface area (Å²) < 4.78 is 5.23. The van der Waals surface area contributed by atoms with Gasteiger partial charge >= 0.3 is 0 Å². The minimum absolute atomic E-state index is 0.419. The molecule has 2 aliphatic rings. The van der Waals surface area contributed by atoms with Gasteiger partial charge in [0, 0.05) is 32.3 Å². The van der Waals surface area contributed by atoms with Gasteiger partial charge in [0.05, 0.1) is 6.10 Å². The molecule has 1 unspecified atom stereocenters. The van der Waals surface area contributed by atoms with Gasteiger partial charge in [-0.25, -0.2) is 0 Å². The Kier molecular flexibility index (Phi) is 2.35. The molecule has 2 fully saturated rings. The summed E-state index contributed by atoms with van der Waals surface area (Å²) >= 11 is 0. The van der Waals surface area contributed by atoms with Crippen molar-refractivity contribution < 1.29 is 4.74 Å². The maximum atomic E-state index is 5.99. The lowest BCUT2D eigenvalue weighted by Crippen LogP contribution is -2.59. The van der Waals surface area contributed by atoms with Crippen molar-refractivity contribution in [3.8, 4) is 0 Å². The van der Waals surface area contributed by atoms with Crippen molar-refractivity contribution in [3.05, 3.63) is 0 Å². The lowest BCUT2D eigenvalue weighted by molar-refractivity contribution is -0.0517. The van der Waals surface area contributed by atoms with Crippen LogP contribution in [0.2, 0.25) is 0 Å². The second kappa shape index (κ2) is 3.32. The topological polar surface area (TPSA) is 38.5 Å². The van der Waals surface area contributed by atoms with E-state index in [-0.39, 0.29) is 0 Å². The van der Waals surface area contributed by atoms with Gasteiger partial charge in [-0.1, -0.05) is 6.42 Å². The maximum absolute atomic E-state index is 5.99. The Balaban J connectivity index is 1.79. The first-order valence-electron chi connectivity index (χ1n) is 4.83. The minimum Gasteiger partial charge on any atom is -0.379 e. The normalized spacial score (nSPS) is 38.5. The fourth-order valence-electron chi connectivity index (χ4n) is 2.31. The summed E-state index contributed by atoms with van der Waals surface area (Å²) in [5.41, 5.74) is 5.99. The largest absolute Gasteiger partial charge is 0.379 e. The van der Waals surface area contributed by atoms with E-state index in [1.807, 2.05) is 0 Å². The van der Waals surface area contributed by atoms with Crippen LogP contribution in [-0.4, -0.2) is 43.3 Å². The van der Waals surface area contributed by atoms with E-state index in [0.717, 1.165) is 13.1 Å². The van der Waals surface area contributed by atoms with Crippen LogP contribution in [0, 0.1) is 0 Å². The number of likely N-dealkylation sites (tertiary alicyclic amines) is 1. The van der Waals surface area contributed by atoms with Crippen LogP contribution in [0.1, 0.15) is 19.3 Å². The first kappa shape index (κ1) is 8.48. The molecule has 0 aromatic carbocycles. The maximum Gasteiger partial charge on any atom is 0.0825 e. The zero-order valence-corrected chi connectivity index (χ0v) is 7.70. The van der Waals surface area contributed by atoms with E-state index in [4.69, 9.17) is 10.5 Å². The number of nitrogens with zero attached hydrogens (tertiary/aromatic N) is 1. The Bertz CT molecular complexity index is 157. The molecule has 0 amide bonds. The van der Waals surface area contributed by atoms with Gasteiger partial charge in [0.25, 0.3) is 0 Å². The third-order valence-corrected chi connectivity index (χ3v) is 3.21. The molecule has 3 nitrogen and oxygen atoms in total. The molecule has 0 aromatic heterocycles. The lowest BCUT2D eigenvalue weighted by Gasteiger charge is -2.43. The number of hydrogen-bond acceptors (Lipinski definition) is 3. The van der Waals surface area contributed by atoms with Gasteiger partial charge < -0.3 is 10.5 Å². The standard InChI is InChI=1S/C9H18N2O/c1-12-7-5-11(6-7)9-4-2-3-8(9)10/h7-9H,2-6,10H2,1H3/t8-,9?/m0/s1. The third-order valence-electron chi connectivity index (χ3n) is 3.21. The van der Waals surface area contributed by atoms with E-state index in [1.54, 1.807) is 7.11 Å². The van der Waals surface area contributed by atoms with Crippen LogP contribution in [0.15, 0.2) is 0 Å². The number of methoxy groups -OCH3 is 1. The highest BCUT2D eigenvalue weighted by atomic mass is 16.5. The van der Waals surface area contributed by atoms with E-state index < -0.39 is 0 Å². The number of rotatable bonds is 2. The van der Waals surface area contributed by atoms with Gasteiger partial charge in [0.15, 0.2) is 0 Å². The SMILES string of the molecule is COC1CN(C2CCC[C@@H]2N)C1.